The molecule has 0 aliphatic heterocycles. The first kappa shape index (κ1) is 21.9. The lowest BCUT2D eigenvalue weighted by Crippen LogP contribution is -2.50. The molecule has 1 N–H and O–H groups in total. The van der Waals surface area contributed by atoms with E-state index in [4.69, 9.17) is 0 Å². The van der Waals surface area contributed by atoms with Gasteiger partial charge in [-0.3, -0.25) is 0 Å². The SMILES string of the molecule is CC(C)C(C)CC[C@@H](C)[C@H]1CC[C@H]2C3CC=C4C[C@@H](O)CC[C@]4(C)[C@H]3CC[C@]12C. The van der Waals surface area contributed by atoms with E-state index in [1.165, 1.54) is 51.4 Å². The Morgan fingerprint density at radius 2 is 1.72 bits per heavy atom. The molecule has 0 heterocycles. The van der Waals surface area contributed by atoms with Gasteiger partial charge in [0.25, 0.3) is 0 Å². The van der Waals surface area contributed by atoms with E-state index in [-0.39, 0.29) is 6.10 Å². The van der Waals surface area contributed by atoms with Gasteiger partial charge in [-0.25, -0.2) is 0 Å². The summed E-state index contributed by atoms with van der Waals surface area (Å²) in [4.78, 5) is 0. The molecule has 4 rings (SSSR count). The van der Waals surface area contributed by atoms with Crippen molar-refractivity contribution in [1.82, 2.24) is 0 Å². The number of hydrogen-bond donors (Lipinski definition) is 1. The second-order valence-corrected chi connectivity index (χ2v) is 12.7. The fourth-order valence-corrected chi connectivity index (χ4v) is 8.68. The standard InChI is InChI=1S/C28H48O/c1-18(2)19(3)7-8-20(4)24-11-12-25-23-10-9-21-17-22(29)13-15-27(21,5)26(23)14-16-28(24,25)6/h9,18-20,22-26,29H,7-8,10-17H2,1-6H3/t19?,20-,22+,23?,24-,25+,26+,27+,28-/m1/s1. The van der Waals surface area contributed by atoms with Gasteiger partial charge in [0.1, 0.15) is 0 Å². The second kappa shape index (κ2) is 7.99. The third kappa shape index (κ3) is 3.66. The molecular formula is C28H48O. The molecule has 4 aliphatic carbocycles. The zero-order valence-corrected chi connectivity index (χ0v) is 20.2. The molecule has 1 nitrogen and oxygen atoms in total. The molecule has 0 amide bonds. The topological polar surface area (TPSA) is 20.2 Å². The zero-order chi connectivity index (χ0) is 21.0. The lowest BCUT2D eigenvalue weighted by molar-refractivity contribution is -0.0574. The van der Waals surface area contributed by atoms with Crippen LogP contribution in [0.25, 0.3) is 0 Å². The van der Waals surface area contributed by atoms with E-state index < -0.39 is 0 Å². The van der Waals surface area contributed by atoms with E-state index in [0.29, 0.717) is 10.8 Å². The number of rotatable bonds is 5. The van der Waals surface area contributed by atoms with Crippen molar-refractivity contribution in [2.45, 2.75) is 112 Å². The molecule has 3 saturated carbocycles. The maximum Gasteiger partial charge on any atom is 0.0577 e. The first-order chi connectivity index (χ1) is 13.7. The van der Waals surface area contributed by atoms with Crippen LogP contribution in [-0.4, -0.2) is 11.2 Å². The average Bonchev–Trinajstić information content (AvgIpc) is 3.03. The number of hydrogen-bond acceptors (Lipinski definition) is 1. The van der Waals surface area contributed by atoms with Gasteiger partial charge in [-0.2, -0.15) is 0 Å². The highest BCUT2D eigenvalue weighted by molar-refractivity contribution is 5.25. The lowest BCUT2D eigenvalue weighted by Gasteiger charge is -2.58. The smallest absolute Gasteiger partial charge is 0.0577 e. The number of aliphatic hydroxyl groups is 1. The van der Waals surface area contributed by atoms with Gasteiger partial charge in [0.2, 0.25) is 0 Å². The summed E-state index contributed by atoms with van der Waals surface area (Å²) >= 11 is 0. The van der Waals surface area contributed by atoms with E-state index >= 15 is 0 Å². The van der Waals surface area contributed by atoms with Crippen LogP contribution >= 0.6 is 0 Å². The third-order valence-corrected chi connectivity index (χ3v) is 11.1. The van der Waals surface area contributed by atoms with Crippen molar-refractivity contribution < 1.29 is 5.11 Å². The molecule has 0 aromatic carbocycles. The average molecular weight is 401 g/mol. The quantitative estimate of drug-likeness (QED) is 0.470. The summed E-state index contributed by atoms with van der Waals surface area (Å²) in [7, 11) is 0. The van der Waals surface area contributed by atoms with Crippen LogP contribution in [-0.2, 0) is 0 Å². The molecule has 0 saturated heterocycles. The maximum atomic E-state index is 10.2. The van der Waals surface area contributed by atoms with Crippen molar-refractivity contribution >= 4 is 0 Å². The molecule has 0 spiro atoms. The summed E-state index contributed by atoms with van der Waals surface area (Å²) in [5.41, 5.74) is 2.59. The summed E-state index contributed by atoms with van der Waals surface area (Å²) in [5.74, 6) is 6.24. The zero-order valence-electron chi connectivity index (χ0n) is 20.2. The van der Waals surface area contributed by atoms with Crippen LogP contribution < -0.4 is 0 Å². The van der Waals surface area contributed by atoms with Crippen LogP contribution in [0.5, 0.6) is 0 Å². The van der Waals surface area contributed by atoms with E-state index in [9.17, 15) is 5.11 Å². The Morgan fingerprint density at radius 1 is 0.966 bits per heavy atom. The molecule has 0 aromatic heterocycles. The van der Waals surface area contributed by atoms with Crippen molar-refractivity contribution in [3.05, 3.63) is 11.6 Å². The molecule has 29 heavy (non-hydrogen) atoms. The largest absolute Gasteiger partial charge is 0.393 e. The Kier molecular flexibility index (Phi) is 6.04. The molecular weight excluding hydrogens is 352 g/mol. The highest BCUT2D eigenvalue weighted by Crippen LogP contribution is 2.67. The Labute approximate surface area is 181 Å². The molecule has 0 aromatic rings. The molecule has 0 bridgehead atoms. The van der Waals surface area contributed by atoms with Crippen LogP contribution in [0.2, 0.25) is 0 Å². The van der Waals surface area contributed by atoms with Crippen LogP contribution in [0.4, 0.5) is 0 Å². The highest BCUT2D eigenvalue weighted by Gasteiger charge is 2.59. The Bertz CT molecular complexity index is 620. The first-order valence-corrected chi connectivity index (χ1v) is 13.0. The predicted octanol–water partition coefficient (Wildman–Crippen LogP) is 7.63. The van der Waals surface area contributed by atoms with Crippen LogP contribution in [0, 0.1) is 52.3 Å². The van der Waals surface area contributed by atoms with E-state index in [2.05, 4.69) is 47.6 Å². The van der Waals surface area contributed by atoms with Gasteiger partial charge in [-0.15, -0.1) is 0 Å². The van der Waals surface area contributed by atoms with Crippen molar-refractivity contribution in [1.29, 1.82) is 0 Å². The summed E-state index contributed by atoms with van der Waals surface area (Å²) in [6.45, 7) is 15.1. The summed E-state index contributed by atoms with van der Waals surface area (Å²) in [5, 5.41) is 10.2. The van der Waals surface area contributed by atoms with Gasteiger partial charge < -0.3 is 5.11 Å². The van der Waals surface area contributed by atoms with Gasteiger partial charge in [-0.05, 0) is 104 Å². The number of allylic oxidation sites excluding steroid dienone is 1. The van der Waals surface area contributed by atoms with E-state index in [0.717, 1.165) is 54.3 Å². The fraction of sp³-hybridized carbons (Fsp3) is 0.929. The maximum absolute atomic E-state index is 10.2. The van der Waals surface area contributed by atoms with Gasteiger partial charge in [0, 0.05) is 0 Å². The van der Waals surface area contributed by atoms with Crippen molar-refractivity contribution in [2.75, 3.05) is 0 Å². The van der Waals surface area contributed by atoms with Crippen LogP contribution in [0.1, 0.15) is 106 Å². The second-order valence-electron chi connectivity index (χ2n) is 12.7. The monoisotopic (exact) mass is 400 g/mol. The summed E-state index contributed by atoms with van der Waals surface area (Å²) in [6.07, 6.45) is 15.7. The molecule has 0 radical (unpaired) electrons. The van der Waals surface area contributed by atoms with Crippen molar-refractivity contribution in [3.8, 4) is 0 Å². The fourth-order valence-electron chi connectivity index (χ4n) is 8.68. The predicted molar refractivity (Wildman–Crippen MR) is 124 cm³/mol. The first-order valence-electron chi connectivity index (χ1n) is 13.0. The van der Waals surface area contributed by atoms with Gasteiger partial charge in [-0.1, -0.05) is 66.0 Å². The number of aliphatic hydroxyl groups excluding tert-OH is 1. The molecule has 2 unspecified atom stereocenters. The van der Waals surface area contributed by atoms with Crippen LogP contribution in [0.15, 0.2) is 11.6 Å². The lowest BCUT2D eigenvalue weighted by atomic mass is 9.47. The molecule has 1 heteroatoms. The van der Waals surface area contributed by atoms with Crippen molar-refractivity contribution in [2.24, 2.45) is 52.3 Å². The summed E-state index contributed by atoms with van der Waals surface area (Å²) in [6, 6.07) is 0. The Hall–Kier alpha value is -0.300. The van der Waals surface area contributed by atoms with Crippen molar-refractivity contribution in [3.63, 3.8) is 0 Å². The Morgan fingerprint density at radius 3 is 2.45 bits per heavy atom. The molecule has 4 aliphatic rings. The molecule has 3 fully saturated rings. The molecule has 9 atom stereocenters. The van der Waals surface area contributed by atoms with Gasteiger partial charge in [0.15, 0.2) is 0 Å². The minimum Gasteiger partial charge on any atom is -0.393 e. The van der Waals surface area contributed by atoms with Gasteiger partial charge >= 0.3 is 0 Å². The number of fused-ring (bicyclic) bond motifs is 5. The summed E-state index contributed by atoms with van der Waals surface area (Å²) < 4.78 is 0. The molecule has 166 valence electrons. The third-order valence-electron chi connectivity index (χ3n) is 11.1. The van der Waals surface area contributed by atoms with Crippen LogP contribution in [0.3, 0.4) is 0 Å². The normalized spacial score (nSPS) is 46.5. The van der Waals surface area contributed by atoms with E-state index in [1.807, 2.05) is 0 Å². The van der Waals surface area contributed by atoms with E-state index in [1.54, 1.807) is 5.57 Å². The minimum atomic E-state index is -0.0790. The Balaban J connectivity index is 1.49. The highest BCUT2D eigenvalue weighted by atomic mass is 16.3. The minimum absolute atomic E-state index is 0.0790. The van der Waals surface area contributed by atoms with Gasteiger partial charge in [0.05, 0.1) is 6.10 Å².